The molecule has 1 aromatic heterocycles. The number of aromatic nitrogens is 2. The number of aromatic amines is 1. The van der Waals surface area contributed by atoms with E-state index < -0.39 is 0 Å². The fourth-order valence-corrected chi connectivity index (χ4v) is 4.01. The quantitative estimate of drug-likeness (QED) is 0.584. The lowest BCUT2D eigenvalue weighted by molar-refractivity contribution is 0.0663. The SMILES string of the molecule is CC(OCCN)c1nc2c([nH]1)-c1ccccc1Sc1ccccc1-2. The Labute approximate surface area is 145 Å². The average molecular weight is 337 g/mol. The van der Waals surface area contributed by atoms with E-state index in [9.17, 15) is 0 Å². The van der Waals surface area contributed by atoms with Crippen LogP contribution < -0.4 is 5.73 Å². The van der Waals surface area contributed by atoms with Crippen molar-refractivity contribution in [2.75, 3.05) is 13.2 Å². The standard InChI is InChI=1S/C19H19N3OS/c1-12(23-11-10-20)19-21-17-13-6-2-4-8-15(13)24-16-9-5-3-7-14(16)18(17)22-19/h2-9,12H,10-11,20H2,1H3,(H,21,22). The van der Waals surface area contributed by atoms with Gasteiger partial charge >= 0.3 is 0 Å². The third-order valence-electron chi connectivity index (χ3n) is 4.11. The van der Waals surface area contributed by atoms with E-state index in [2.05, 4.69) is 53.5 Å². The number of hydrogen-bond acceptors (Lipinski definition) is 4. The molecule has 1 aliphatic heterocycles. The minimum absolute atomic E-state index is 0.118. The molecule has 0 aliphatic carbocycles. The molecule has 0 spiro atoms. The minimum Gasteiger partial charge on any atom is -0.369 e. The molecule has 0 saturated heterocycles. The molecule has 3 aromatic rings. The van der Waals surface area contributed by atoms with Gasteiger partial charge in [-0.1, -0.05) is 48.2 Å². The summed E-state index contributed by atoms with van der Waals surface area (Å²) in [5.74, 6) is 0.838. The summed E-state index contributed by atoms with van der Waals surface area (Å²) in [7, 11) is 0. The topological polar surface area (TPSA) is 63.9 Å². The minimum atomic E-state index is -0.118. The van der Waals surface area contributed by atoms with E-state index in [1.165, 1.54) is 15.4 Å². The first-order valence-electron chi connectivity index (χ1n) is 8.06. The van der Waals surface area contributed by atoms with Crippen molar-refractivity contribution < 1.29 is 4.74 Å². The van der Waals surface area contributed by atoms with Crippen molar-refractivity contribution in [1.82, 2.24) is 9.97 Å². The van der Waals surface area contributed by atoms with Crippen LogP contribution in [0.5, 0.6) is 0 Å². The summed E-state index contributed by atoms with van der Waals surface area (Å²) in [6, 6.07) is 16.8. The van der Waals surface area contributed by atoms with Crippen LogP contribution in [0, 0.1) is 0 Å². The van der Waals surface area contributed by atoms with Crippen LogP contribution in [0.3, 0.4) is 0 Å². The molecule has 0 bridgehead atoms. The molecule has 4 nitrogen and oxygen atoms in total. The number of rotatable bonds is 4. The van der Waals surface area contributed by atoms with Crippen LogP contribution in [0.2, 0.25) is 0 Å². The van der Waals surface area contributed by atoms with Gasteiger partial charge in [0, 0.05) is 27.5 Å². The van der Waals surface area contributed by atoms with Crippen LogP contribution in [-0.4, -0.2) is 23.1 Å². The van der Waals surface area contributed by atoms with E-state index in [0.29, 0.717) is 13.2 Å². The van der Waals surface area contributed by atoms with Gasteiger partial charge in [0.05, 0.1) is 18.0 Å². The van der Waals surface area contributed by atoms with E-state index in [0.717, 1.165) is 22.8 Å². The molecule has 3 N–H and O–H groups in total. The highest BCUT2D eigenvalue weighted by Gasteiger charge is 2.24. The second kappa shape index (κ2) is 6.43. The molecule has 0 radical (unpaired) electrons. The van der Waals surface area contributed by atoms with Gasteiger partial charge in [0.25, 0.3) is 0 Å². The van der Waals surface area contributed by atoms with Gasteiger partial charge in [0.1, 0.15) is 11.9 Å². The monoisotopic (exact) mass is 337 g/mol. The smallest absolute Gasteiger partial charge is 0.136 e. The number of nitrogens with two attached hydrogens (primary N) is 1. The molecule has 1 aliphatic rings. The van der Waals surface area contributed by atoms with Gasteiger partial charge in [-0.3, -0.25) is 0 Å². The zero-order valence-corrected chi connectivity index (χ0v) is 14.3. The van der Waals surface area contributed by atoms with Crippen molar-refractivity contribution in [3.63, 3.8) is 0 Å². The van der Waals surface area contributed by atoms with Crippen LogP contribution in [0.4, 0.5) is 0 Å². The van der Waals surface area contributed by atoms with Crippen molar-refractivity contribution in [2.24, 2.45) is 5.73 Å². The Morgan fingerprint density at radius 3 is 2.50 bits per heavy atom. The van der Waals surface area contributed by atoms with Gasteiger partial charge in [-0.2, -0.15) is 0 Å². The molecule has 0 fully saturated rings. The van der Waals surface area contributed by atoms with Crippen molar-refractivity contribution in [2.45, 2.75) is 22.8 Å². The summed E-state index contributed by atoms with van der Waals surface area (Å²) in [4.78, 5) is 10.8. The number of nitrogens with zero attached hydrogens (tertiary/aromatic N) is 1. The summed E-state index contributed by atoms with van der Waals surface area (Å²) in [5.41, 5.74) is 9.92. The van der Waals surface area contributed by atoms with Crippen molar-refractivity contribution >= 4 is 11.8 Å². The van der Waals surface area contributed by atoms with Gasteiger partial charge in [0.15, 0.2) is 0 Å². The lowest BCUT2D eigenvalue weighted by atomic mass is 10.1. The van der Waals surface area contributed by atoms with Crippen molar-refractivity contribution in [3.8, 4) is 22.5 Å². The third-order valence-corrected chi connectivity index (χ3v) is 5.26. The van der Waals surface area contributed by atoms with Crippen LogP contribution in [0.1, 0.15) is 18.9 Å². The maximum Gasteiger partial charge on any atom is 0.136 e. The first-order chi connectivity index (χ1) is 11.8. The molecule has 0 amide bonds. The first-order valence-corrected chi connectivity index (χ1v) is 8.88. The van der Waals surface area contributed by atoms with E-state index in [4.69, 9.17) is 15.5 Å². The highest BCUT2D eigenvalue weighted by Crippen LogP contribution is 2.46. The van der Waals surface area contributed by atoms with Crippen LogP contribution in [0.15, 0.2) is 58.3 Å². The van der Waals surface area contributed by atoms with Crippen molar-refractivity contribution in [1.29, 1.82) is 0 Å². The van der Waals surface area contributed by atoms with E-state index >= 15 is 0 Å². The second-order valence-electron chi connectivity index (χ2n) is 5.74. The van der Waals surface area contributed by atoms with Gasteiger partial charge in [-0.25, -0.2) is 4.98 Å². The molecule has 122 valence electrons. The number of benzene rings is 2. The number of ether oxygens (including phenoxy) is 1. The lowest BCUT2D eigenvalue weighted by Gasteiger charge is -2.10. The Morgan fingerprint density at radius 1 is 1.08 bits per heavy atom. The largest absolute Gasteiger partial charge is 0.369 e. The number of nitrogens with one attached hydrogen (secondary N) is 1. The Kier molecular flexibility index (Phi) is 4.14. The maximum atomic E-state index is 5.74. The number of fused-ring (bicyclic) bond motifs is 5. The molecular formula is C19H19N3OS. The number of imidazole rings is 1. The van der Waals surface area contributed by atoms with Crippen LogP contribution in [-0.2, 0) is 4.74 Å². The summed E-state index contributed by atoms with van der Waals surface area (Å²) in [5, 5.41) is 0. The summed E-state index contributed by atoms with van der Waals surface area (Å²) in [6.07, 6.45) is -0.118. The predicted octanol–water partition coefficient (Wildman–Crippen LogP) is 4.24. The summed E-state index contributed by atoms with van der Waals surface area (Å²) < 4.78 is 5.74. The molecular weight excluding hydrogens is 318 g/mol. The van der Waals surface area contributed by atoms with E-state index in [-0.39, 0.29) is 6.10 Å². The molecule has 2 aromatic carbocycles. The molecule has 2 heterocycles. The fraction of sp³-hybridized carbons (Fsp3) is 0.211. The molecule has 24 heavy (non-hydrogen) atoms. The van der Waals surface area contributed by atoms with Gasteiger partial charge in [0.2, 0.25) is 0 Å². The normalized spacial score (nSPS) is 13.6. The van der Waals surface area contributed by atoms with Crippen LogP contribution >= 0.6 is 11.8 Å². The number of hydrogen-bond donors (Lipinski definition) is 2. The molecule has 5 heteroatoms. The summed E-state index contributed by atoms with van der Waals surface area (Å²) >= 11 is 1.78. The van der Waals surface area contributed by atoms with E-state index in [1.54, 1.807) is 11.8 Å². The second-order valence-corrected chi connectivity index (χ2v) is 6.83. The maximum absolute atomic E-state index is 5.74. The Balaban J connectivity index is 1.88. The Bertz CT molecular complexity index is 812. The highest BCUT2D eigenvalue weighted by molar-refractivity contribution is 7.99. The molecule has 4 rings (SSSR count). The molecule has 1 atom stereocenters. The highest BCUT2D eigenvalue weighted by atomic mass is 32.2. The fourth-order valence-electron chi connectivity index (χ4n) is 2.93. The third kappa shape index (κ3) is 2.65. The Hall–Kier alpha value is -2.08. The van der Waals surface area contributed by atoms with Crippen molar-refractivity contribution in [3.05, 3.63) is 54.4 Å². The lowest BCUT2D eigenvalue weighted by Crippen LogP contribution is -2.11. The molecule has 0 saturated carbocycles. The number of H-pyrrole nitrogens is 1. The van der Waals surface area contributed by atoms with E-state index in [1.807, 2.05) is 6.92 Å². The zero-order valence-electron chi connectivity index (χ0n) is 13.5. The summed E-state index contributed by atoms with van der Waals surface area (Å²) in [6.45, 7) is 3.03. The van der Waals surface area contributed by atoms with Gasteiger partial charge in [-0.15, -0.1) is 0 Å². The molecule has 1 unspecified atom stereocenters. The first kappa shape index (κ1) is 15.4. The average Bonchev–Trinajstić information content (AvgIpc) is 3.00. The van der Waals surface area contributed by atoms with Gasteiger partial charge < -0.3 is 15.5 Å². The predicted molar refractivity (Wildman–Crippen MR) is 97.0 cm³/mol. The Morgan fingerprint density at radius 2 is 1.75 bits per heavy atom. The zero-order chi connectivity index (χ0) is 16.5. The van der Waals surface area contributed by atoms with Crippen LogP contribution in [0.25, 0.3) is 22.5 Å². The van der Waals surface area contributed by atoms with Gasteiger partial charge in [-0.05, 0) is 19.1 Å².